The zero-order valence-electron chi connectivity index (χ0n) is 15.7. The molecule has 0 aliphatic carbocycles. The van der Waals surface area contributed by atoms with Gasteiger partial charge in [0.25, 0.3) is 0 Å². The number of aliphatic hydroxyl groups excluding tert-OH is 1. The van der Waals surface area contributed by atoms with Crippen LogP contribution in [-0.2, 0) is 20.8 Å². The standard InChI is InChI=1S/C14H12O4.Na.2H2O4S.H/c15-13(10-6-2-1-3-7-10)11-8-4-5-9-12(11)18-14(16)17;;2*1-5(2,3)4;/h1-9,14,16-17H;;2*(H2,1,2,3,4);/q;+1;;;-1. The first-order valence-electron chi connectivity index (χ1n) is 6.80. The van der Waals surface area contributed by atoms with Crippen LogP contribution in [-0.4, -0.2) is 57.5 Å². The second-order valence-corrected chi connectivity index (χ2v) is 6.32. The predicted molar refractivity (Wildman–Crippen MR) is 94.6 cm³/mol. The van der Waals surface area contributed by atoms with Gasteiger partial charge in [0.15, 0.2) is 5.78 Å². The summed E-state index contributed by atoms with van der Waals surface area (Å²) in [5.41, 5.74) is 0.803. The molecule has 6 N–H and O–H groups in total. The van der Waals surface area contributed by atoms with E-state index in [1.807, 2.05) is 6.07 Å². The number of benzene rings is 2. The normalized spacial score (nSPS) is 10.4. The van der Waals surface area contributed by atoms with Crippen molar-refractivity contribution in [1.29, 1.82) is 0 Å². The van der Waals surface area contributed by atoms with E-state index < -0.39 is 27.3 Å². The Hall–Kier alpha value is -1.43. The van der Waals surface area contributed by atoms with Crippen LogP contribution in [0.15, 0.2) is 54.6 Å². The number of ketones is 1. The third kappa shape index (κ3) is 18.3. The molecule has 0 bridgehead atoms. The molecule has 0 atom stereocenters. The summed E-state index contributed by atoms with van der Waals surface area (Å²) in [5, 5.41) is 17.6. The summed E-state index contributed by atoms with van der Waals surface area (Å²) in [7, 11) is -9.33. The second-order valence-electron chi connectivity index (χ2n) is 4.53. The number of ether oxygens (including phenoxy) is 1. The average molecular weight is 464 g/mol. The van der Waals surface area contributed by atoms with Crippen molar-refractivity contribution >= 4 is 26.6 Å². The van der Waals surface area contributed by atoms with Crippen molar-refractivity contribution in [3.8, 4) is 5.75 Å². The van der Waals surface area contributed by atoms with Gasteiger partial charge in [-0.1, -0.05) is 42.5 Å². The van der Waals surface area contributed by atoms with Crippen molar-refractivity contribution in [3.63, 3.8) is 0 Å². The molecule has 0 aliphatic heterocycles. The van der Waals surface area contributed by atoms with Crippen molar-refractivity contribution in [1.82, 2.24) is 0 Å². The van der Waals surface area contributed by atoms with Gasteiger partial charge in [-0.2, -0.15) is 16.8 Å². The van der Waals surface area contributed by atoms with Crippen molar-refractivity contribution in [2.24, 2.45) is 0 Å². The Balaban J connectivity index is -0.000000514. The van der Waals surface area contributed by atoms with Crippen LogP contribution in [0.2, 0.25) is 0 Å². The molecule has 0 saturated carbocycles. The number of carbonyl (C=O) groups excluding carboxylic acids is 1. The van der Waals surface area contributed by atoms with Crippen LogP contribution in [0.5, 0.6) is 5.75 Å². The Morgan fingerprint density at radius 2 is 1.17 bits per heavy atom. The molecule has 0 radical (unpaired) electrons. The number of rotatable bonds is 4. The van der Waals surface area contributed by atoms with Gasteiger partial charge in [-0.05, 0) is 12.1 Å². The summed E-state index contributed by atoms with van der Waals surface area (Å²) in [4.78, 5) is 12.2. The molecule has 0 spiro atoms. The van der Waals surface area contributed by atoms with E-state index in [1.165, 1.54) is 6.07 Å². The third-order valence-corrected chi connectivity index (χ3v) is 2.40. The van der Waals surface area contributed by atoms with Gasteiger partial charge in [0, 0.05) is 5.56 Å². The predicted octanol–water partition coefficient (Wildman–Crippen LogP) is -2.62. The van der Waals surface area contributed by atoms with Gasteiger partial charge >= 0.3 is 56.8 Å². The smallest absolute Gasteiger partial charge is 1.00 e. The summed E-state index contributed by atoms with van der Waals surface area (Å²) >= 11 is 0. The van der Waals surface area contributed by atoms with E-state index >= 15 is 0 Å². The van der Waals surface area contributed by atoms with Crippen molar-refractivity contribution in [2.45, 2.75) is 6.48 Å². The summed E-state index contributed by atoms with van der Waals surface area (Å²) < 4.78 is 67.9. The van der Waals surface area contributed by atoms with Gasteiger partial charge < -0.3 is 16.4 Å². The zero-order valence-corrected chi connectivity index (χ0v) is 18.4. The monoisotopic (exact) mass is 464 g/mol. The van der Waals surface area contributed by atoms with Crippen LogP contribution >= 0.6 is 0 Å². The van der Waals surface area contributed by atoms with Crippen molar-refractivity contribution in [2.75, 3.05) is 0 Å². The van der Waals surface area contributed by atoms with E-state index in [4.69, 9.17) is 50.0 Å². The second kappa shape index (κ2) is 13.7. The molecular formula is C14H17NaO12S2. The number of para-hydroxylation sites is 1. The maximum Gasteiger partial charge on any atom is 1.00 e. The minimum atomic E-state index is -4.67. The van der Waals surface area contributed by atoms with Gasteiger partial charge in [-0.3, -0.25) is 23.0 Å². The molecule has 0 aliphatic rings. The van der Waals surface area contributed by atoms with E-state index in [0.717, 1.165) is 0 Å². The molecule has 0 saturated heterocycles. The minimum absolute atomic E-state index is 0. The fourth-order valence-corrected chi connectivity index (χ4v) is 1.62. The molecule has 12 nitrogen and oxygen atoms in total. The first-order chi connectivity index (χ1) is 12.7. The van der Waals surface area contributed by atoms with Gasteiger partial charge in [-0.25, -0.2) is 0 Å². The molecule has 0 fully saturated rings. The Morgan fingerprint density at radius 1 is 0.793 bits per heavy atom. The van der Waals surface area contributed by atoms with Crippen molar-refractivity contribution < 1.29 is 85.8 Å². The van der Waals surface area contributed by atoms with Gasteiger partial charge in [-0.15, -0.1) is 0 Å². The maximum atomic E-state index is 12.2. The minimum Gasteiger partial charge on any atom is -1.00 e. The first-order valence-corrected chi connectivity index (χ1v) is 9.59. The molecule has 2 aromatic carbocycles. The molecule has 15 heteroatoms. The number of hydrogen-bond acceptors (Lipinski definition) is 8. The number of hydrogen-bond donors (Lipinski definition) is 6. The van der Waals surface area contributed by atoms with Crippen molar-refractivity contribution in [3.05, 3.63) is 65.7 Å². The molecule has 0 unspecified atom stereocenters. The van der Waals surface area contributed by atoms with E-state index in [-0.39, 0.29) is 48.1 Å². The SMILES string of the molecule is O=C(c1ccccc1)c1ccccc1OC(O)O.O=S(=O)(O)O.O=S(=O)(O)O.[H-].[Na+]. The number of carbonyl (C=O) groups is 1. The first kappa shape index (κ1) is 29.8. The Kier molecular flexibility index (Phi) is 14.1. The van der Waals surface area contributed by atoms with Gasteiger partial charge in [0.1, 0.15) is 5.75 Å². The van der Waals surface area contributed by atoms with E-state index in [0.29, 0.717) is 5.56 Å². The molecule has 2 aromatic rings. The summed E-state index contributed by atoms with van der Waals surface area (Å²) in [6.45, 7) is -1.95. The molecule has 158 valence electrons. The fourth-order valence-electron chi connectivity index (χ4n) is 1.62. The molecule has 2 rings (SSSR count). The van der Waals surface area contributed by atoms with Crippen LogP contribution < -0.4 is 34.3 Å². The Bertz CT molecular complexity index is 919. The summed E-state index contributed by atoms with van der Waals surface area (Å²) in [5.74, 6) is -0.0896. The Morgan fingerprint density at radius 3 is 1.59 bits per heavy atom. The molecular weight excluding hydrogens is 447 g/mol. The van der Waals surface area contributed by atoms with Gasteiger partial charge in [0.2, 0.25) is 0 Å². The quantitative estimate of drug-likeness (QED) is 0.119. The molecule has 29 heavy (non-hydrogen) atoms. The molecule has 0 aromatic heterocycles. The Labute approximate surface area is 189 Å². The topological polar surface area (TPSA) is 216 Å². The fraction of sp³-hybridized carbons (Fsp3) is 0.0714. The largest absolute Gasteiger partial charge is 1.00 e. The average Bonchev–Trinajstić information content (AvgIpc) is 2.52. The van der Waals surface area contributed by atoms with E-state index in [1.54, 1.807) is 42.5 Å². The van der Waals surface area contributed by atoms with Crippen LogP contribution in [0, 0.1) is 0 Å². The van der Waals surface area contributed by atoms with Crippen LogP contribution in [0.25, 0.3) is 0 Å². The van der Waals surface area contributed by atoms with Crippen LogP contribution in [0.4, 0.5) is 0 Å². The van der Waals surface area contributed by atoms with Crippen LogP contribution in [0.1, 0.15) is 17.3 Å². The van der Waals surface area contributed by atoms with E-state index in [2.05, 4.69) is 0 Å². The third-order valence-electron chi connectivity index (χ3n) is 2.40. The summed E-state index contributed by atoms with van der Waals surface area (Å²) in [6.07, 6.45) is 0. The zero-order chi connectivity index (χ0) is 22.0. The van der Waals surface area contributed by atoms with Crippen LogP contribution in [0.3, 0.4) is 0 Å². The summed E-state index contributed by atoms with van der Waals surface area (Å²) in [6, 6.07) is 15.1. The maximum absolute atomic E-state index is 12.2. The number of aliphatic hydroxyl groups is 2. The molecule has 0 heterocycles. The van der Waals surface area contributed by atoms with E-state index in [9.17, 15) is 4.79 Å². The molecule has 0 amide bonds. The van der Waals surface area contributed by atoms with Gasteiger partial charge in [0.05, 0.1) is 5.56 Å².